The van der Waals surface area contributed by atoms with Gasteiger partial charge in [0, 0.05) is 0 Å². The molecule has 5 heteroatoms. The number of carbonyl (C=O) groups excluding carboxylic acids is 2. The molecule has 1 N–H and O–H groups in total. The van der Waals surface area contributed by atoms with Gasteiger partial charge in [-0.25, -0.2) is 9.59 Å². The molecule has 0 unspecified atom stereocenters. The number of hydrogen-bond donors (Lipinski definition) is 1. The van der Waals surface area contributed by atoms with Gasteiger partial charge in [-0.2, -0.15) is 0 Å². The molecule has 0 saturated carbocycles. The van der Waals surface area contributed by atoms with Crippen molar-refractivity contribution in [2.75, 3.05) is 6.61 Å². The van der Waals surface area contributed by atoms with Gasteiger partial charge in [0.15, 0.2) is 6.29 Å². The highest BCUT2D eigenvalue weighted by Crippen LogP contribution is 2.14. The van der Waals surface area contributed by atoms with Crippen LogP contribution in [0.2, 0.25) is 0 Å². The van der Waals surface area contributed by atoms with E-state index in [9.17, 15) is 14.4 Å². The minimum Gasteiger partial charge on any atom is -0.478 e. The largest absolute Gasteiger partial charge is 0.478 e. The average molecular weight is 222 g/mol. The van der Waals surface area contributed by atoms with E-state index in [1.54, 1.807) is 0 Å². The maximum absolute atomic E-state index is 11.4. The molecule has 0 atom stereocenters. The highest BCUT2D eigenvalue weighted by atomic mass is 16.5. The minimum atomic E-state index is -1.11. The summed E-state index contributed by atoms with van der Waals surface area (Å²) in [6, 6.07) is 4.30. The Bertz CT molecular complexity index is 436. The molecule has 0 aliphatic rings. The number of hydrogen-bond acceptors (Lipinski definition) is 4. The van der Waals surface area contributed by atoms with Crippen LogP contribution < -0.4 is 0 Å². The molecule has 0 spiro atoms. The first kappa shape index (κ1) is 11.9. The number of aromatic carboxylic acids is 1. The number of rotatable bonds is 4. The molecule has 0 aliphatic carbocycles. The molecule has 16 heavy (non-hydrogen) atoms. The van der Waals surface area contributed by atoms with E-state index in [-0.39, 0.29) is 17.7 Å². The van der Waals surface area contributed by atoms with Gasteiger partial charge in [0.2, 0.25) is 0 Å². The van der Waals surface area contributed by atoms with Crippen LogP contribution in [0.4, 0.5) is 0 Å². The standard InChI is InChI=1S/C11H10O5/c1-7-8(10(13)14)3-2-4-9(7)11(15)16-6-5-12/h2-5H,6H2,1H3,(H,13,14). The number of esters is 1. The van der Waals surface area contributed by atoms with Crippen molar-refractivity contribution in [2.45, 2.75) is 6.92 Å². The fourth-order valence-electron chi connectivity index (χ4n) is 1.28. The quantitative estimate of drug-likeness (QED) is 0.608. The van der Waals surface area contributed by atoms with Crippen LogP contribution in [-0.2, 0) is 9.53 Å². The lowest BCUT2D eigenvalue weighted by Gasteiger charge is -2.06. The van der Waals surface area contributed by atoms with Gasteiger partial charge >= 0.3 is 11.9 Å². The van der Waals surface area contributed by atoms with Gasteiger partial charge in [0.25, 0.3) is 0 Å². The van der Waals surface area contributed by atoms with E-state index in [2.05, 4.69) is 4.74 Å². The van der Waals surface area contributed by atoms with E-state index in [1.165, 1.54) is 25.1 Å². The van der Waals surface area contributed by atoms with E-state index in [1.807, 2.05) is 0 Å². The first-order chi connectivity index (χ1) is 7.57. The first-order valence-electron chi connectivity index (χ1n) is 4.51. The third kappa shape index (κ3) is 2.44. The zero-order chi connectivity index (χ0) is 12.1. The highest BCUT2D eigenvalue weighted by Gasteiger charge is 2.15. The Labute approximate surface area is 91.6 Å². The topological polar surface area (TPSA) is 80.7 Å². The normalized spacial score (nSPS) is 9.56. The molecule has 0 heterocycles. The Balaban J connectivity index is 3.05. The third-order valence-electron chi connectivity index (χ3n) is 2.07. The van der Waals surface area contributed by atoms with Crippen LogP contribution in [0.1, 0.15) is 26.3 Å². The van der Waals surface area contributed by atoms with Gasteiger partial charge in [-0.15, -0.1) is 0 Å². The molecule has 5 nitrogen and oxygen atoms in total. The van der Waals surface area contributed by atoms with Gasteiger partial charge in [0.05, 0.1) is 11.1 Å². The Morgan fingerprint density at radius 3 is 2.56 bits per heavy atom. The maximum Gasteiger partial charge on any atom is 0.338 e. The summed E-state index contributed by atoms with van der Waals surface area (Å²) in [7, 11) is 0. The number of benzene rings is 1. The lowest BCUT2D eigenvalue weighted by molar-refractivity contribution is -0.110. The number of carbonyl (C=O) groups is 3. The van der Waals surface area contributed by atoms with Crippen molar-refractivity contribution >= 4 is 18.2 Å². The third-order valence-corrected chi connectivity index (χ3v) is 2.07. The van der Waals surface area contributed by atoms with Crippen molar-refractivity contribution in [1.82, 2.24) is 0 Å². The maximum atomic E-state index is 11.4. The van der Waals surface area contributed by atoms with E-state index in [0.29, 0.717) is 11.8 Å². The SMILES string of the molecule is Cc1c(C(=O)O)cccc1C(=O)OCC=O. The van der Waals surface area contributed by atoms with Crippen LogP contribution in [0.25, 0.3) is 0 Å². The monoisotopic (exact) mass is 222 g/mol. The van der Waals surface area contributed by atoms with Crippen LogP contribution in [0.3, 0.4) is 0 Å². The Morgan fingerprint density at radius 2 is 2.00 bits per heavy atom. The van der Waals surface area contributed by atoms with Crippen LogP contribution >= 0.6 is 0 Å². The molecule has 0 fully saturated rings. The summed E-state index contributed by atoms with van der Waals surface area (Å²) in [5.41, 5.74) is 0.521. The van der Waals surface area contributed by atoms with Crippen LogP contribution in [0.15, 0.2) is 18.2 Å². The Hall–Kier alpha value is -2.17. The van der Waals surface area contributed by atoms with E-state index >= 15 is 0 Å². The minimum absolute atomic E-state index is 0.0422. The summed E-state index contributed by atoms with van der Waals surface area (Å²) in [5, 5.41) is 8.84. The molecule has 0 aromatic heterocycles. The molecule has 0 bridgehead atoms. The summed E-state index contributed by atoms with van der Waals surface area (Å²) in [6.45, 7) is 1.18. The van der Waals surface area contributed by atoms with E-state index < -0.39 is 11.9 Å². The first-order valence-corrected chi connectivity index (χ1v) is 4.51. The van der Waals surface area contributed by atoms with Crippen molar-refractivity contribution in [1.29, 1.82) is 0 Å². The number of carboxylic acids is 1. The number of carboxylic acid groups (broad SMARTS) is 1. The molecule has 0 amide bonds. The van der Waals surface area contributed by atoms with Gasteiger partial charge in [-0.05, 0) is 24.6 Å². The fourth-order valence-corrected chi connectivity index (χ4v) is 1.28. The molecular weight excluding hydrogens is 212 g/mol. The second kappa shape index (κ2) is 5.06. The van der Waals surface area contributed by atoms with Gasteiger partial charge in [-0.3, -0.25) is 4.79 Å². The fraction of sp³-hybridized carbons (Fsp3) is 0.182. The second-order valence-corrected chi connectivity index (χ2v) is 3.05. The lowest BCUT2D eigenvalue weighted by Crippen LogP contribution is -2.11. The van der Waals surface area contributed by atoms with Crippen molar-refractivity contribution in [3.05, 3.63) is 34.9 Å². The van der Waals surface area contributed by atoms with Crippen molar-refractivity contribution in [3.63, 3.8) is 0 Å². The molecular formula is C11H10O5. The summed E-state index contributed by atoms with van der Waals surface area (Å²) in [5.74, 6) is -1.81. The van der Waals surface area contributed by atoms with Crippen molar-refractivity contribution in [2.24, 2.45) is 0 Å². The van der Waals surface area contributed by atoms with Crippen molar-refractivity contribution in [3.8, 4) is 0 Å². The number of aldehydes is 1. The summed E-state index contributed by atoms with van der Waals surface area (Å²) < 4.78 is 4.59. The van der Waals surface area contributed by atoms with Crippen molar-refractivity contribution < 1.29 is 24.2 Å². The summed E-state index contributed by atoms with van der Waals surface area (Å²) in [4.78, 5) is 32.3. The predicted octanol–water partition coefficient (Wildman–Crippen LogP) is 1.05. The van der Waals surface area contributed by atoms with E-state index in [0.717, 1.165) is 0 Å². The molecule has 84 valence electrons. The molecule has 1 aromatic carbocycles. The lowest BCUT2D eigenvalue weighted by atomic mass is 10.0. The molecule has 0 radical (unpaired) electrons. The van der Waals surface area contributed by atoms with Gasteiger partial charge < -0.3 is 9.84 Å². The summed E-state index contributed by atoms with van der Waals surface area (Å²) >= 11 is 0. The predicted molar refractivity (Wildman–Crippen MR) is 54.5 cm³/mol. The Kier molecular flexibility index (Phi) is 3.77. The molecule has 0 aliphatic heterocycles. The second-order valence-electron chi connectivity index (χ2n) is 3.05. The zero-order valence-corrected chi connectivity index (χ0v) is 8.60. The average Bonchev–Trinajstić information content (AvgIpc) is 2.25. The molecule has 1 aromatic rings. The Morgan fingerprint density at radius 1 is 1.38 bits per heavy atom. The van der Waals surface area contributed by atoms with E-state index in [4.69, 9.17) is 5.11 Å². The van der Waals surface area contributed by atoms with Gasteiger partial charge in [-0.1, -0.05) is 6.07 Å². The van der Waals surface area contributed by atoms with Crippen LogP contribution in [0, 0.1) is 6.92 Å². The zero-order valence-electron chi connectivity index (χ0n) is 8.60. The number of ether oxygens (including phenoxy) is 1. The summed E-state index contributed by atoms with van der Waals surface area (Å²) in [6.07, 6.45) is 0.453. The smallest absolute Gasteiger partial charge is 0.338 e. The van der Waals surface area contributed by atoms with Crippen LogP contribution in [-0.4, -0.2) is 29.9 Å². The van der Waals surface area contributed by atoms with Crippen LogP contribution in [0.5, 0.6) is 0 Å². The van der Waals surface area contributed by atoms with Gasteiger partial charge in [0.1, 0.15) is 6.61 Å². The highest BCUT2D eigenvalue weighted by molar-refractivity contribution is 5.97. The molecule has 1 rings (SSSR count). The molecule has 0 saturated heterocycles.